The molecule has 1 aromatic carbocycles. The Bertz CT molecular complexity index is 290. The number of hydrogen-bond acceptors (Lipinski definition) is 1. The van der Waals surface area contributed by atoms with Crippen LogP contribution in [-0.4, -0.2) is 15.0 Å². The van der Waals surface area contributed by atoms with Crippen LogP contribution < -0.4 is 0 Å². The second kappa shape index (κ2) is 6.34. The van der Waals surface area contributed by atoms with Crippen LogP contribution in [0.3, 0.4) is 0 Å². The summed E-state index contributed by atoms with van der Waals surface area (Å²) in [6, 6.07) is 10.4. The molecule has 0 saturated carbocycles. The van der Waals surface area contributed by atoms with Crippen molar-refractivity contribution in [3.63, 3.8) is 0 Å². The fraction of sp³-hybridized carbons (Fsp3) is 0.333. The molecule has 0 saturated heterocycles. The van der Waals surface area contributed by atoms with Crippen molar-refractivity contribution < 1.29 is 0 Å². The fourth-order valence-corrected chi connectivity index (χ4v) is 3.04. The summed E-state index contributed by atoms with van der Waals surface area (Å²) < 4.78 is 1.23. The molecule has 0 unspecified atom stereocenters. The van der Waals surface area contributed by atoms with Crippen molar-refractivity contribution in [2.24, 2.45) is 5.92 Å². The summed E-state index contributed by atoms with van der Waals surface area (Å²) in [6.07, 6.45) is 2.17. The number of rotatable bonds is 4. The van der Waals surface area contributed by atoms with Crippen molar-refractivity contribution in [3.8, 4) is 0 Å². The van der Waals surface area contributed by atoms with E-state index in [2.05, 4.69) is 56.8 Å². The van der Waals surface area contributed by atoms with Gasteiger partial charge in [0, 0.05) is 0 Å². The molecule has 0 amide bonds. The third kappa shape index (κ3) is 4.90. The van der Waals surface area contributed by atoms with Crippen molar-refractivity contribution in [3.05, 3.63) is 39.7 Å². The van der Waals surface area contributed by atoms with Gasteiger partial charge in [0.1, 0.15) is 0 Å². The monoisotopic (exact) mass is 272 g/mol. The van der Waals surface area contributed by atoms with Crippen molar-refractivity contribution in [2.45, 2.75) is 19.2 Å². The SMILES string of the molecule is CC(C)C[Se]/C(S)=C\c1ccccc1. The second-order valence-corrected chi connectivity index (χ2v) is 6.99. The first kappa shape index (κ1) is 11.9. The Labute approximate surface area is 98.4 Å². The molecule has 0 bridgehead atoms. The van der Waals surface area contributed by atoms with Crippen LogP contribution in [0.1, 0.15) is 19.4 Å². The van der Waals surface area contributed by atoms with E-state index in [-0.39, 0.29) is 0 Å². The zero-order valence-electron chi connectivity index (χ0n) is 8.60. The van der Waals surface area contributed by atoms with E-state index in [1.807, 2.05) is 6.07 Å². The zero-order chi connectivity index (χ0) is 10.4. The minimum absolute atomic E-state index is 0.535. The van der Waals surface area contributed by atoms with Gasteiger partial charge >= 0.3 is 98.4 Å². The number of thiol groups is 1. The van der Waals surface area contributed by atoms with Gasteiger partial charge in [0.05, 0.1) is 0 Å². The summed E-state index contributed by atoms with van der Waals surface area (Å²) in [7, 11) is 0. The van der Waals surface area contributed by atoms with Crippen molar-refractivity contribution in [1.29, 1.82) is 0 Å². The third-order valence-corrected chi connectivity index (χ3v) is 5.07. The van der Waals surface area contributed by atoms with E-state index in [9.17, 15) is 0 Å². The Morgan fingerprint density at radius 2 is 2.00 bits per heavy atom. The van der Waals surface area contributed by atoms with Gasteiger partial charge < -0.3 is 0 Å². The van der Waals surface area contributed by atoms with Crippen molar-refractivity contribution in [2.75, 3.05) is 0 Å². The Kier molecular flexibility index (Phi) is 5.39. The van der Waals surface area contributed by atoms with Crippen molar-refractivity contribution >= 4 is 33.7 Å². The minimum atomic E-state index is 0.535. The van der Waals surface area contributed by atoms with Gasteiger partial charge in [-0.05, 0) is 0 Å². The van der Waals surface area contributed by atoms with E-state index in [1.54, 1.807) is 0 Å². The number of benzene rings is 1. The first-order valence-electron chi connectivity index (χ1n) is 4.77. The molecule has 0 radical (unpaired) electrons. The first-order chi connectivity index (χ1) is 6.68. The Hall–Kier alpha value is -0.171. The Balaban J connectivity index is 2.52. The molecule has 14 heavy (non-hydrogen) atoms. The molecular weight excluding hydrogens is 255 g/mol. The quantitative estimate of drug-likeness (QED) is 0.626. The molecule has 0 heterocycles. The summed E-state index contributed by atoms with van der Waals surface area (Å²) >= 11 is 5.04. The molecule has 0 nitrogen and oxygen atoms in total. The van der Waals surface area contributed by atoms with Gasteiger partial charge in [0.15, 0.2) is 0 Å². The van der Waals surface area contributed by atoms with Gasteiger partial charge in [0.2, 0.25) is 0 Å². The molecule has 0 aliphatic carbocycles. The van der Waals surface area contributed by atoms with E-state index >= 15 is 0 Å². The number of hydrogen-bond donors (Lipinski definition) is 1. The Morgan fingerprint density at radius 1 is 1.36 bits per heavy atom. The molecule has 0 spiro atoms. The van der Waals surface area contributed by atoms with Gasteiger partial charge in [-0.25, -0.2) is 0 Å². The normalized spacial score (nSPS) is 12.1. The topological polar surface area (TPSA) is 0 Å². The van der Waals surface area contributed by atoms with Gasteiger partial charge in [-0.2, -0.15) is 0 Å². The summed E-state index contributed by atoms with van der Waals surface area (Å²) in [5.41, 5.74) is 1.25. The van der Waals surface area contributed by atoms with Crippen LogP contribution in [0.2, 0.25) is 5.32 Å². The van der Waals surface area contributed by atoms with Gasteiger partial charge in [-0.15, -0.1) is 0 Å². The van der Waals surface area contributed by atoms with Crippen LogP contribution in [0.5, 0.6) is 0 Å². The summed E-state index contributed by atoms with van der Waals surface area (Å²) in [6.45, 7) is 4.51. The summed E-state index contributed by atoms with van der Waals surface area (Å²) in [5, 5.41) is 1.27. The average molecular weight is 271 g/mol. The van der Waals surface area contributed by atoms with Gasteiger partial charge in [-0.1, -0.05) is 0 Å². The fourth-order valence-electron chi connectivity index (χ4n) is 0.986. The second-order valence-electron chi connectivity index (χ2n) is 3.60. The van der Waals surface area contributed by atoms with Gasteiger partial charge in [0.25, 0.3) is 0 Å². The van der Waals surface area contributed by atoms with E-state index in [4.69, 9.17) is 0 Å². The third-order valence-electron chi connectivity index (χ3n) is 1.65. The first-order valence-corrected chi connectivity index (χ1v) is 7.28. The van der Waals surface area contributed by atoms with E-state index in [1.165, 1.54) is 14.7 Å². The molecule has 0 atom stereocenters. The summed E-state index contributed by atoms with van der Waals surface area (Å²) in [5.74, 6) is 0.779. The maximum absolute atomic E-state index is 4.50. The molecule has 1 aromatic rings. The predicted octanol–water partition coefficient (Wildman–Crippen LogP) is 3.69. The Morgan fingerprint density at radius 3 is 2.57 bits per heavy atom. The molecule has 1 rings (SSSR count). The van der Waals surface area contributed by atoms with Crippen LogP contribution in [-0.2, 0) is 0 Å². The molecule has 2 heteroatoms. The molecule has 0 N–H and O–H groups in total. The van der Waals surface area contributed by atoms with Gasteiger partial charge in [-0.3, -0.25) is 0 Å². The van der Waals surface area contributed by atoms with Crippen LogP contribution in [0, 0.1) is 5.92 Å². The van der Waals surface area contributed by atoms with Crippen LogP contribution in [0.25, 0.3) is 6.08 Å². The molecule has 76 valence electrons. The van der Waals surface area contributed by atoms with Crippen molar-refractivity contribution in [1.82, 2.24) is 0 Å². The van der Waals surface area contributed by atoms with E-state index < -0.39 is 0 Å². The van der Waals surface area contributed by atoms with Crippen LogP contribution in [0.4, 0.5) is 0 Å². The summed E-state index contributed by atoms with van der Waals surface area (Å²) in [4.78, 5) is 0. The predicted molar refractivity (Wildman–Crippen MR) is 68.8 cm³/mol. The average Bonchev–Trinajstić information content (AvgIpc) is 2.16. The standard InChI is InChI=1S/C12H16SSe/c1-10(2)9-14-12(13)8-11-6-4-3-5-7-11/h3-8,10,13H,9H2,1-2H3/b12-8-. The molecule has 0 aliphatic heterocycles. The van der Waals surface area contributed by atoms with E-state index in [0.29, 0.717) is 15.0 Å². The van der Waals surface area contributed by atoms with Crippen LogP contribution >= 0.6 is 12.6 Å². The molecular formula is C12H16SSe. The van der Waals surface area contributed by atoms with E-state index in [0.717, 1.165) is 5.92 Å². The molecule has 0 aromatic heterocycles. The zero-order valence-corrected chi connectivity index (χ0v) is 11.2. The molecule has 0 fully saturated rings. The maximum atomic E-state index is 4.50. The molecule has 0 aliphatic rings. The van der Waals surface area contributed by atoms with Crippen LogP contribution in [0.15, 0.2) is 34.1 Å².